The highest BCUT2D eigenvalue weighted by Gasteiger charge is 2.37. The van der Waals surface area contributed by atoms with Crippen LogP contribution in [0.2, 0.25) is 0 Å². The Kier molecular flexibility index (Phi) is 2.72. The smallest absolute Gasteiger partial charge is 0.0426 e. The van der Waals surface area contributed by atoms with Crippen LogP contribution in [0.1, 0.15) is 38.2 Å². The molecule has 2 N–H and O–H groups in total. The zero-order valence-corrected chi connectivity index (χ0v) is 11.1. The van der Waals surface area contributed by atoms with Gasteiger partial charge in [-0.05, 0) is 47.6 Å². The van der Waals surface area contributed by atoms with Gasteiger partial charge in [-0.15, -0.1) is 11.3 Å². The average molecular weight is 245 g/mol. The van der Waals surface area contributed by atoms with E-state index in [0.29, 0.717) is 0 Å². The number of thiophene rings is 1. The molecular formula is C15H19NS. The summed E-state index contributed by atoms with van der Waals surface area (Å²) in [5.41, 5.74) is 7.98. The van der Waals surface area contributed by atoms with Crippen molar-refractivity contribution in [2.24, 2.45) is 11.7 Å². The van der Waals surface area contributed by atoms with Gasteiger partial charge in [0.1, 0.15) is 0 Å². The molecule has 2 heteroatoms. The van der Waals surface area contributed by atoms with E-state index in [0.717, 1.165) is 18.8 Å². The van der Waals surface area contributed by atoms with Crippen LogP contribution in [0.5, 0.6) is 0 Å². The van der Waals surface area contributed by atoms with Crippen LogP contribution < -0.4 is 5.73 Å². The van der Waals surface area contributed by atoms with Crippen molar-refractivity contribution >= 4 is 21.4 Å². The third-order valence-corrected chi connectivity index (χ3v) is 5.21. The summed E-state index contributed by atoms with van der Waals surface area (Å²) in [6.45, 7) is 2.28. The Hall–Kier alpha value is -0.860. The molecule has 1 fully saturated rings. The van der Waals surface area contributed by atoms with E-state index < -0.39 is 0 Å². The van der Waals surface area contributed by atoms with Gasteiger partial charge in [0.05, 0.1) is 0 Å². The molecule has 0 radical (unpaired) electrons. The van der Waals surface area contributed by atoms with Crippen molar-refractivity contribution in [1.29, 1.82) is 0 Å². The lowest BCUT2D eigenvalue weighted by atomic mass is 9.87. The molecule has 0 bridgehead atoms. The van der Waals surface area contributed by atoms with Gasteiger partial charge in [0.15, 0.2) is 0 Å². The zero-order chi connectivity index (χ0) is 11.9. The van der Waals surface area contributed by atoms with Crippen LogP contribution in [0.25, 0.3) is 10.1 Å². The van der Waals surface area contributed by atoms with Crippen LogP contribution in [0.3, 0.4) is 0 Å². The molecule has 1 aliphatic rings. The predicted molar refractivity (Wildman–Crippen MR) is 75.3 cm³/mol. The lowest BCUT2D eigenvalue weighted by molar-refractivity contribution is 0.428. The third-order valence-electron chi connectivity index (χ3n) is 4.24. The van der Waals surface area contributed by atoms with Crippen LogP contribution in [0.15, 0.2) is 29.6 Å². The first-order valence-electron chi connectivity index (χ1n) is 6.48. The minimum Gasteiger partial charge on any atom is -0.321 e. The molecule has 1 saturated carbocycles. The van der Waals surface area contributed by atoms with Crippen LogP contribution in [0.4, 0.5) is 0 Å². The third kappa shape index (κ3) is 1.80. The van der Waals surface area contributed by atoms with Crippen molar-refractivity contribution in [2.45, 2.75) is 38.1 Å². The highest BCUT2D eigenvalue weighted by molar-refractivity contribution is 7.17. The fourth-order valence-corrected chi connectivity index (χ4v) is 4.18. The lowest BCUT2D eigenvalue weighted by Gasteiger charge is -2.25. The highest BCUT2D eigenvalue weighted by atomic mass is 32.1. The molecule has 0 spiro atoms. The number of hydrogen-bond donors (Lipinski definition) is 1. The second kappa shape index (κ2) is 4.11. The van der Waals surface area contributed by atoms with Crippen molar-refractivity contribution < 1.29 is 0 Å². The quantitative estimate of drug-likeness (QED) is 0.840. The molecule has 0 amide bonds. The molecule has 1 aromatic heterocycles. The summed E-state index contributed by atoms with van der Waals surface area (Å²) in [5, 5.41) is 3.52. The summed E-state index contributed by atoms with van der Waals surface area (Å²) in [4.78, 5) is 0. The van der Waals surface area contributed by atoms with Crippen LogP contribution in [-0.2, 0) is 5.54 Å². The number of hydrogen-bond acceptors (Lipinski definition) is 2. The zero-order valence-electron chi connectivity index (χ0n) is 10.3. The summed E-state index contributed by atoms with van der Waals surface area (Å²) >= 11 is 1.83. The van der Waals surface area contributed by atoms with Gasteiger partial charge < -0.3 is 5.73 Å². The highest BCUT2D eigenvalue weighted by Crippen LogP contribution is 2.44. The predicted octanol–water partition coefficient (Wildman–Crippen LogP) is 4.27. The van der Waals surface area contributed by atoms with E-state index in [2.05, 4.69) is 36.6 Å². The van der Waals surface area contributed by atoms with Crippen molar-refractivity contribution in [3.8, 4) is 0 Å². The number of benzene rings is 1. The Labute approximate surface area is 107 Å². The first kappa shape index (κ1) is 11.2. The molecule has 90 valence electrons. The summed E-state index contributed by atoms with van der Waals surface area (Å²) in [7, 11) is 0. The second-order valence-electron chi connectivity index (χ2n) is 5.32. The van der Waals surface area contributed by atoms with Gasteiger partial charge in [0.25, 0.3) is 0 Å². The topological polar surface area (TPSA) is 26.0 Å². The van der Waals surface area contributed by atoms with E-state index in [1.54, 1.807) is 0 Å². The molecule has 0 aliphatic heterocycles. The maximum atomic E-state index is 6.68. The summed E-state index contributed by atoms with van der Waals surface area (Å²) in [6, 6.07) is 8.76. The first-order chi connectivity index (χ1) is 8.23. The van der Waals surface area contributed by atoms with E-state index >= 15 is 0 Å². The fourth-order valence-electron chi connectivity index (χ4n) is 3.16. The van der Waals surface area contributed by atoms with Crippen molar-refractivity contribution in [3.05, 3.63) is 35.2 Å². The summed E-state index contributed by atoms with van der Waals surface area (Å²) in [6.07, 6.45) is 4.84. The van der Waals surface area contributed by atoms with Gasteiger partial charge in [-0.1, -0.05) is 31.5 Å². The van der Waals surface area contributed by atoms with Gasteiger partial charge in [-0.25, -0.2) is 0 Å². The Bertz CT molecular complexity index is 530. The van der Waals surface area contributed by atoms with E-state index in [4.69, 9.17) is 5.73 Å². The largest absolute Gasteiger partial charge is 0.321 e. The maximum Gasteiger partial charge on any atom is 0.0426 e. The Balaban J connectivity index is 2.06. The molecule has 17 heavy (non-hydrogen) atoms. The van der Waals surface area contributed by atoms with E-state index in [-0.39, 0.29) is 5.54 Å². The Morgan fingerprint density at radius 2 is 2.29 bits per heavy atom. The average Bonchev–Trinajstić information content (AvgIpc) is 2.95. The molecule has 0 saturated heterocycles. The monoisotopic (exact) mass is 245 g/mol. The number of nitrogens with two attached hydrogens (primary N) is 1. The first-order valence-corrected chi connectivity index (χ1v) is 7.36. The van der Waals surface area contributed by atoms with Crippen LogP contribution in [-0.4, -0.2) is 0 Å². The standard InChI is InChI=1S/C15H19NS/c1-2-11-6-8-15(16,10-11)13-5-3-4-12-7-9-17-14(12)13/h3-5,7,9,11H,2,6,8,10,16H2,1H3. The van der Waals surface area contributed by atoms with Crippen molar-refractivity contribution in [1.82, 2.24) is 0 Å². The molecular weight excluding hydrogens is 226 g/mol. The van der Waals surface area contributed by atoms with Gasteiger partial charge in [-0.3, -0.25) is 0 Å². The van der Waals surface area contributed by atoms with Gasteiger partial charge in [0, 0.05) is 10.2 Å². The Morgan fingerprint density at radius 3 is 3.06 bits per heavy atom. The number of fused-ring (bicyclic) bond motifs is 1. The van der Waals surface area contributed by atoms with E-state index in [9.17, 15) is 0 Å². The molecule has 3 rings (SSSR count). The lowest BCUT2D eigenvalue weighted by Crippen LogP contribution is -2.33. The van der Waals surface area contributed by atoms with Crippen LogP contribution >= 0.6 is 11.3 Å². The van der Waals surface area contributed by atoms with E-state index in [1.165, 1.54) is 28.5 Å². The maximum absolute atomic E-state index is 6.68. The van der Waals surface area contributed by atoms with Crippen LogP contribution in [0, 0.1) is 5.92 Å². The minimum absolute atomic E-state index is 0.0783. The minimum atomic E-state index is -0.0783. The molecule has 1 nitrogen and oxygen atoms in total. The van der Waals surface area contributed by atoms with Gasteiger partial charge in [-0.2, -0.15) is 0 Å². The second-order valence-corrected chi connectivity index (χ2v) is 6.23. The van der Waals surface area contributed by atoms with Gasteiger partial charge in [0.2, 0.25) is 0 Å². The summed E-state index contributed by atoms with van der Waals surface area (Å²) in [5.74, 6) is 0.815. The molecule has 2 aromatic rings. The molecule has 2 atom stereocenters. The molecule has 1 aliphatic carbocycles. The van der Waals surface area contributed by atoms with Crippen molar-refractivity contribution in [3.63, 3.8) is 0 Å². The summed E-state index contributed by atoms with van der Waals surface area (Å²) < 4.78 is 1.40. The van der Waals surface area contributed by atoms with Crippen molar-refractivity contribution in [2.75, 3.05) is 0 Å². The molecule has 2 unspecified atom stereocenters. The number of rotatable bonds is 2. The fraction of sp³-hybridized carbons (Fsp3) is 0.467. The SMILES string of the molecule is CCC1CCC(N)(c2cccc3ccsc23)C1. The van der Waals surface area contributed by atoms with E-state index in [1.807, 2.05) is 11.3 Å². The normalized spacial score (nSPS) is 28.9. The van der Waals surface area contributed by atoms with Gasteiger partial charge >= 0.3 is 0 Å². The molecule has 1 aromatic carbocycles. The Morgan fingerprint density at radius 1 is 1.41 bits per heavy atom. The molecule has 1 heterocycles.